The number of carbonyl (C=O) groups is 1. The maximum Gasteiger partial charge on any atom is 0.155 e. The van der Waals surface area contributed by atoms with Crippen molar-refractivity contribution in [2.75, 3.05) is 14.2 Å². The summed E-state index contributed by atoms with van der Waals surface area (Å²) in [5.41, 5.74) is 1.63. The predicted octanol–water partition coefficient (Wildman–Crippen LogP) is 3.60. The number of allylic oxidation sites excluding steroid dienone is 2. The second-order valence-electron chi connectivity index (χ2n) is 4.59. The number of ether oxygens (including phenoxy) is 2. The van der Waals surface area contributed by atoms with Crippen molar-refractivity contribution in [1.82, 2.24) is 4.98 Å². The second kappa shape index (κ2) is 11.4. The molecule has 2 rings (SSSR count). The van der Waals surface area contributed by atoms with Crippen LogP contribution >= 0.6 is 0 Å². The van der Waals surface area contributed by atoms with Crippen LogP contribution in [-0.4, -0.2) is 30.1 Å². The van der Waals surface area contributed by atoms with E-state index in [0.29, 0.717) is 0 Å². The summed E-state index contributed by atoms with van der Waals surface area (Å²) in [5, 5.41) is 8.36. The van der Waals surface area contributed by atoms with Gasteiger partial charge in [-0.1, -0.05) is 5.56 Å². The number of aliphatic hydroxyl groups excluding tert-OH is 1. The van der Waals surface area contributed by atoms with Crippen LogP contribution in [-0.2, 0) is 24.9 Å². The van der Waals surface area contributed by atoms with Crippen molar-refractivity contribution < 1.29 is 39.5 Å². The van der Waals surface area contributed by atoms with Gasteiger partial charge >= 0.3 is 0 Å². The molecule has 0 amide bonds. The van der Waals surface area contributed by atoms with Crippen molar-refractivity contribution >= 4 is 5.78 Å². The van der Waals surface area contributed by atoms with E-state index in [1.54, 1.807) is 26.5 Å². The molecule has 0 atom stereocenters. The van der Waals surface area contributed by atoms with Crippen LogP contribution in [0.1, 0.15) is 13.8 Å². The Morgan fingerprint density at radius 1 is 1.25 bits per heavy atom. The summed E-state index contributed by atoms with van der Waals surface area (Å²) in [7, 11) is 3.26. The van der Waals surface area contributed by atoms with Gasteiger partial charge in [0.05, 0.1) is 20.0 Å². The number of rotatable bonds is 4. The molecule has 24 heavy (non-hydrogen) atoms. The van der Waals surface area contributed by atoms with Crippen LogP contribution < -0.4 is 9.47 Å². The average molecular weight is 507 g/mol. The zero-order chi connectivity index (χ0) is 17.2. The van der Waals surface area contributed by atoms with Gasteiger partial charge in [0.2, 0.25) is 0 Å². The smallest absolute Gasteiger partial charge is 0.155 e. The van der Waals surface area contributed by atoms with Gasteiger partial charge < -0.3 is 19.6 Å². The predicted molar refractivity (Wildman–Crippen MR) is 88.7 cm³/mol. The molecule has 0 aliphatic carbocycles. The van der Waals surface area contributed by atoms with Crippen molar-refractivity contribution in [3.63, 3.8) is 0 Å². The normalized spacial score (nSPS) is 9.92. The zero-order valence-corrected chi connectivity index (χ0v) is 16.4. The third kappa shape index (κ3) is 7.40. The molecule has 1 N–H and O–H groups in total. The topological polar surface area (TPSA) is 68.7 Å². The zero-order valence-electron chi connectivity index (χ0n) is 14.0. The quantitative estimate of drug-likeness (QED) is 0.390. The molecule has 0 aliphatic rings. The van der Waals surface area contributed by atoms with Gasteiger partial charge in [-0.2, -0.15) is 0 Å². The number of nitrogens with zero attached hydrogens (tertiary/aromatic N) is 1. The van der Waals surface area contributed by atoms with Crippen LogP contribution in [0.4, 0.5) is 0 Å². The second-order valence-corrected chi connectivity index (χ2v) is 4.59. The molecule has 0 unspecified atom stereocenters. The largest absolute Gasteiger partial charge is 0.540 e. The number of pyridine rings is 1. The molecule has 1 radical (unpaired) electrons. The van der Waals surface area contributed by atoms with Gasteiger partial charge in [0.25, 0.3) is 0 Å². The molecule has 1 aromatic heterocycles. The van der Waals surface area contributed by atoms with Gasteiger partial charge in [-0.05, 0) is 31.7 Å². The fourth-order valence-electron chi connectivity index (χ4n) is 1.76. The minimum absolute atomic E-state index is 0. The van der Waals surface area contributed by atoms with E-state index in [4.69, 9.17) is 14.6 Å². The van der Waals surface area contributed by atoms with E-state index < -0.39 is 0 Å². The number of aliphatic hydroxyl groups is 1. The van der Waals surface area contributed by atoms with Crippen LogP contribution in [0.2, 0.25) is 0 Å². The molecule has 0 saturated heterocycles. The van der Waals surface area contributed by atoms with Crippen LogP contribution in [0, 0.1) is 6.07 Å². The first-order valence-corrected chi connectivity index (χ1v) is 6.91. The molecule has 2 aromatic rings. The van der Waals surface area contributed by atoms with Gasteiger partial charge in [-0.3, -0.25) is 4.79 Å². The first-order valence-electron chi connectivity index (χ1n) is 6.91. The van der Waals surface area contributed by atoms with Gasteiger partial charge in [0, 0.05) is 38.1 Å². The Bertz CT molecular complexity index is 682. The Morgan fingerprint density at radius 2 is 1.96 bits per heavy atom. The van der Waals surface area contributed by atoms with Crippen LogP contribution in [0.3, 0.4) is 0 Å². The molecule has 5 nitrogen and oxygen atoms in total. The molecular formula is C18H20IrNO4-. The van der Waals surface area contributed by atoms with Crippen LogP contribution in [0.15, 0.2) is 48.4 Å². The van der Waals surface area contributed by atoms with E-state index in [1.165, 1.54) is 19.9 Å². The number of aromatic nitrogens is 1. The Labute approximate surface area is 155 Å². The Morgan fingerprint density at radius 3 is 2.46 bits per heavy atom. The summed E-state index contributed by atoms with van der Waals surface area (Å²) in [6.45, 7) is 2.85. The maximum absolute atomic E-state index is 10.0. The fourth-order valence-corrected chi connectivity index (χ4v) is 1.76. The first kappa shape index (κ1) is 21.8. The number of carbonyl (C=O) groups excluding carboxylic acids is 1. The van der Waals surface area contributed by atoms with E-state index in [1.807, 2.05) is 24.3 Å². The minimum atomic E-state index is -0.125. The summed E-state index contributed by atoms with van der Waals surface area (Å²) in [6.07, 6.45) is 2.87. The van der Waals surface area contributed by atoms with Crippen molar-refractivity contribution in [2.45, 2.75) is 13.8 Å². The van der Waals surface area contributed by atoms with Crippen molar-refractivity contribution in [2.24, 2.45) is 0 Å². The first-order chi connectivity index (χ1) is 11.0. The Hall–Kier alpha value is -2.17. The number of methoxy groups -OCH3 is 2. The number of ketones is 1. The standard InChI is InChI=1S/C13H12NO2.C5H8O2.Ir/c1-15-10-7-8-14-12(9-10)11-5-3-4-6-13(11)16-2;1-4(6)3-5(2)7;/h3-4,6-9H,1-2H3;3,6H,1-2H3;/q-1;;/b;4-3-;. The maximum atomic E-state index is 10.0. The van der Waals surface area contributed by atoms with Crippen molar-refractivity contribution in [3.05, 3.63) is 54.4 Å². The molecule has 1 aromatic carbocycles. The van der Waals surface area contributed by atoms with Crippen molar-refractivity contribution in [3.8, 4) is 22.8 Å². The number of hydrogen-bond acceptors (Lipinski definition) is 5. The molecule has 0 aliphatic heterocycles. The summed E-state index contributed by atoms with van der Waals surface area (Å²) < 4.78 is 10.4. The third-order valence-corrected chi connectivity index (χ3v) is 2.67. The minimum Gasteiger partial charge on any atom is -0.540 e. The molecule has 1 heterocycles. The third-order valence-electron chi connectivity index (χ3n) is 2.67. The summed E-state index contributed by atoms with van der Waals surface area (Å²) in [4.78, 5) is 14.3. The molecule has 0 spiro atoms. The van der Waals surface area contributed by atoms with E-state index >= 15 is 0 Å². The van der Waals surface area contributed by atoms with Gasteiger partial charge in [0.1, 0.15) is 5.75 Å². The molecule has 0 saturated carbocycles. The number of hydrogen-bond donors (Lipinski definition) is 1. The van der Waals surface area contributed by atoms with E-state index in [2.05, 4.69) is 11.1 Å². The average Bonchev–Trinajstić information content (AvgIpc) is 2.54. The van der Waals surface area contributed by atoms with Gasteiger partial charge in [-0.25, -0.2) is 0 Å². The van der Waals surface area contributed by atoms with E-state index in [0.717, 1.165) is 22.8 Å². The summed E-state index contributed by atoms with van der Waals surface area (Å²) >= 11 is 0. The SMILES string of the molecule is CC(=O)/C=C(/C)O.COc1ccnc(-c2[c-]cccc2OC)c1.[Ir]. The molecule has 131 valence electrons. The monoisotopic (exact) mass is 507 g/mol. The Kier molecular flexibility index (Phi) is 10.3. The van der Waals surface area contributed by atoms with Gasteiger partial charge in [0.15, 0.2) is 5.78 Å². The molecule has 6 heteroatoms. The van der Waals surface area contributed by atoms with Crippen LogP contribution in [0.25, 0.3) is 11.3 Å². The van der Waals surface area contributed by atoms with Gasteiger partial charge in [-0.15, -0.1) is 24.3 Å². The van der Waals surface area contributed by atoms with E-state index in [-0.39, 0.29) is 31.6 Å². The molecule has 0 bridgehead atoms. The van der Waals surface area contributed by atoms with Crippen molar-refractivity contribution in [1.29, 1.82) is 0 Å². The van der Waals surface area contributed by atoms with Crippen LogP contribution in [0.5, 0.6) is 11.5 Å². The molecule has 0 fully saturated rings. The summed E-state index contributed by atoms with van der Waals surface area (Å²) in [5.74, 6) is 1.46. The fraction of sp³-hybridized carbons (Fsp3) is 0.222. The Balaban J connectivity index is 0.000000570. The number of benzene rings is 1. The summed E-state index contributed by atoms with van der Waals surface area (Å²) in [6, 6.07) is 12.4. The molecular weight excluding hydrogens is 486 g/mol. The van der Waals surface area contributed by atoms with E-state index in [9.17, 15) is 4.79 Å².